The number of benzene rings is 1. The first-order valence-electron chi connectivity index (χ1n) is 5.05. The van der Waals surface area contributed by atoms with Gasteiger partial charge in [0.1, 0.15) is 0 Å². The van der Waals surface area contributed by atoms with Crippen LogP contribution in [0.4, 0.5) is 11.4 Å². The van der Waals surface area contributed by atoms with Crippen LogP contribution in [0.25, 0.3) is 0 Å². The molecule has 0 spiro atoms. The van der Waals surface area contributed by atoms with E-state index in [1.807, 2.05) is 0 Å². The van der Waals surface area contributed by atoms with Crippen molar-refractivity contribution in [3.8, 4) is 0 Å². The molecule has 2 rings (SSSR count). The van der Waals surface area contributed by atoms with Crippen molar-refractivity contribution in [3.05, 3.63) is 30.4 Å². The molecule has 2 aromatic rings. The third-order valence-corrected chi connectivity index (χ3v) is 3.41. The number of rotatable bonds is 4. The van der Waals surface area contributed by atoms with Crippen LogP contribution in [0.2, 0.25) is 0 Å². The van der Waals surface area contributed by atoms with Crippen LogP contribution in [0.15, 0.2) is 34.0 Å². The topological polar surface area (TPSA) is 111 Å². The lowest BCUT2D eigenvalue weighted by Crippen LogP contribution is -2.05. The van der Waals surface area contributed by atoms with Gasteiger partial charge in [-0.25, -0.2) is 8.42 Å². The first kappa shape index (κ1) is 12.4. The summed E-state index contributed by atoms with van der Waals surface area (Å²) in [4.78, 5) is 4.03. The molecule has 96 valence electrons. The molecule has 7 nitrogen and oxygen atoms in total. The Morgan fingerprint density at radius 3 is 2.78 bits per heavy atom. The van der Waals surface area contributed by atoms with Crippen molar-refractivity contribution in [2.24, 2.45) is 0 Å². The quantitative estimate of drug-likeness (QED) is 0.784. The SMILES string of the molecule is CS(=O)(=O)c1ccc(NCc2ncon2)c(N)c1. The number of nitrogen functional groups attached to an aromatic ring is 1. The summed E-state index contributed by atoms with van der Waals surface area (Å²) in [5, 5.41) is 6.62. The van der Waals surface area contributed by atoms with Crippen LogP contribution in [0.3, 0.4) is 0 Å². The van der Waals surface area contributed by atoms with Gasteiger partial charge in [0, 0.05) is 6.26 Å². The summed E-state index contributed by atoms with van der Waals surface area (Å²) in [5.74, 6) is 0.488. The van der Waals surface area contributed by atoms with Crippen molar-refractivity contribution in [1.29, 1.82) is 0 Å². The first-order valence-corrected chi connectivity index (χ1v) is 6.94. The van der Waals surface area contributed by atoms with Crippen LogP contribution >= 0.6 is 0 Å². The maximum atomic E-state index is 11.3. The van der Waals surface area contributed by atoms with Gasteiger partial charge >= 0.3 is 0 Å². The Morgan fingerprint density at radius 2 is 2.22 bits per heavy atom. The molecule has 0 amide bonds. The average molecular weight is 268 g/mol. The highest BCUT2D eigenvalue weighted by molar-refractivity contribution is 7.90. The van der Waals surface area contributed by atoms with Crippen LogP contribution < -0.4 is 11.1 Å². The van der Waals surface area contributed by atoms with Crippen molar-refractivity contribution in [3.63, 3.8) is 0 Å². The molecule has 0 bridgehead atoms. The van der Waals surface area contributed by atoms with Gasteiger partial charge in [-0.05, 0) is 18.2 Å². The van der Waals surface area contributed by atoms with Gasteiger partial charge in [-0.15, -0.1) is 0 Å². The highest BCUT2D eigenvalue weighted by Crippen LogP contribution is 2.22. The van der Waals surface area contributed by atoms with Gasteiger partial charge in [0.15, 0.2) is 15.7 Å². The maximum absolute atomic E-state index is 11.3. The molecule has 0 atom stereocenters. The van der Waals surface area contributed by atoms with E-state index in [2.05, 4.69) is 20.0 Å². The lowest BCUT2D eigenvalue weighted by atomic mass is 10.2. The van der Waals surface area contributed by atoms with Crippen LogP contribution in [-0.2, 0) is 16.4 Å². The molecule has 1 aromatic heterocycles. The van der Waals surface area contributed by atoms with Gasteiger partial charge in [0.05, 0.1) is 22.8 Å². The number of anilines is 2. The highest BCUT2D eigenvalue weighted by atomic mass is 32.2. The van der Waals surface area contributed by atoms with Crippen molar-refractivity contribution in [2.75, 3.05) is 17.3 Å². The van der Waals surface area contributed by atoms with E-state index in [-0.39, 0.29) is 4.90 Å². The average Bonchev–Trinajstić information content (AvgIpc) is 2.79. The number of aromatic nitrogens is 2. The second-order valence-corrected chi connectivity index (χ2v) is 5.74. The normalized spacial score (nSPS) is 11.4. The van der Waals surface area contributed by atoms with E-state index in [0.717, 1.165) is 6.26 Å². The van der Waals surface area contributed by atoms with E-state index < -0.39 is 9.84 Å². The second-order valence-electron chi connectivity index (χ2n) is 3.72. The van der Waals surface area contributed by atoms with Crippen molar-refractivity contribution in [1.82, 2.24) is 10.1 Å². The number of sulfone groups is 1. The molecule has 3 N–H and O–H groups in total. The molecule has 0 fully saturated rings. The van der Waals surface area contributed by atoms with Gasteiger partial charge in [0.25, 0.3) is 0 Å². The van der Waals surface area contributed by atoms with Crippen molar-refractivity contribution in [2.45, 2.75) is 11.4 Å². The fourth-order valence-electron chi connectivity index (χ4n) is 1.38. The minimum absolute atomic E-state index is 0.185. The monoisotopic (exact) mass is 268 g/mol. The Morgan fingerprint density at radius 1 is 1.44 bits per heavy atom. The van der Waals surface area contributed by atoms with Crippen LogP contribution in [0.5, 0.6) is 0 Å². The van der Waals surface area contributed by atoms with Crippen LogP contribution in [0.1, 0.15) is 5.82 Å². The summed E-state index contributed by atoms with van der Waals surface area (Å²) in [7, 11) is -3.25. The minimum atomic E-state index is -3.25. The van der Waals surface area contributed by atoms with Crippen LogP contribution in [0, 0.1) is 0 Å². The number of nitrogens with one attached hydrogen (secondary N) is 1. The van der Waals surface area contributed by atoms with Gasteiger partial charge in [0.2, 0.25) is 6.39 Å². The lowest BCUT2D eigenvalue weighted by molar-refractivity contribution is 0.411. The van der Waals surface area contributed by atoms with E-state index in [1.165, 1.54) is 18.5 Å². The van der Waals surface area contributed by atoms with Gasteiger partial charge < -0.3 is 15.6 Å². The molecule has 0 aliphatic carbocycles. The number of hydrogen-bond acceptors (Lipinski definition) is 7. The van der Waals surface area contributed by atoms with Gasteiger partial charge in [-0.2, -0.15) is 4.98 Å². The molecule has 0 aliphatic rings. The van der Waals surface area contributed by atoms with E-state index in [9.17, 15) is 8.42 Å². The van der Waals surface area contributed by atoms with E-state index in [1.54, 1.807) is 6.07 Å². The summed E-state index contributed by atoms with van der Waals surface area (Å²) in [5.41, 5.74) is 6.73. The van der Waals surface area contributed by atoms with Crippen molar-refractivity contribution >= 4 is 21.2 Å². The fourth-order valence-corrected chi connectivity index (χ4v) is 2.03. The predicted octanol–water partition coefficient (Wildman–Crippen LogP) is 0.667. The largest absolute Gasteiger partial charge is 0.397 e. The molecule has 0 unspecified atom stereocenters. The zero-order chi connectivity index (χ0) is 13.2. The zero-order valence-electron chi connectivity index (χ0n) is 9.62. The van der Waals surface area contributed by atoms with Gasteiger partial charge in [-0.3, -0.25) is 0 Å². The smallest absolute Gasteiger partial charge is 0.213 e. The Balaban J connectivity index is 2.15. The van der Waals surface area contributed by atoms with E-state index >= 15 is 0 Å². The fraction of sp³-hybridized carbons (Fsp3) is 0.200. The van der Waals surface area contributed by atoms with Crippen molar-refractivity contribution < 1.29 is 12.9 Å². The second kappa shape index (κ2) is 4.65. The molecular weight excluding hydrogens is 256 g/mol. The van der Waals surface area contributed by atoms with Gasteiger partial charge in [-0.1, -0.05) is 5.16 Å². The third-order valence-electron chi connectivity index (χ3n) is 2.30. The first-order chi connectivity index (χ1) is 8.47. The van der Waals surface area contributed by atoms with E-state index in [0.29, 0.717) is 23.7 Å². The molecule has 1 aromatic carbocycles. The Hall–Kier alpha value is -2.09. The lowest BCUT2D eigenvalue weighted by Gasteiger charge is -2.08. The van der Waals surface area contributed by atoms with E-state index in [4.69, 9.17) is 5.73 Å². The standard InChI is InChI=1S/C10H12N4O3S/c1-18(15,16)7-2-3-9(8(11)4-7)12-5-10-13-6-17-14-10/h2-4,6,12H,5,11H2,1H3. The number of nitrogens with two attached hydrogens (primary N) is 1. The molecule has 0 saturated carbocycles. The number of hydrogen-bond donors (Lipinski definition) is 2. The molecule has 0 saturated heterocycles. The summed E-state index contributed by atoms with van der Waals surface area (Å²) >= 11 is 0. The van der Waals surface area contributed by atoms with Crippen LogP contribution in [-0.4, -0.2) is 24.8 Å². The summed E-state index contributed by atoms with van der Waals surface area (Å²) in [6.45, 7) is 0.346. The minimum Gasteiger partial charge on any atom is -0.397 e. The molecule has 0 aliphatic heterocycles. The highest BCUT2D eigenvalue weighted by Gasteiger charge is 2.09. The third kappa shape index (κ3) is 2.77. The summed E-state index contributed by atoms with van der Waals surface area (Å²) < 4.78 is 27.3. The summed E-state index contributed by atoms with van der Waals surface area (Å²) in [6, 6.07) is 4.50. The Bertz CT molecular complexity index is 637. The zero-order valence-corrected chi connectivity index (χ0v) is 10.4. The Kier molecular flexibility index (Phi) is 3.19. The molecule has 18 heavy (non-hydrogen) atoms. The summed E-state index contributed by atoms with van der Waals surface area (Å²) in [6.07, 6.45) is 2.36. The maximum Gasteiger partial charge on any atom is 0.213 e. The molecule has 1 heterocycles. The Labute approximate surface area is 104 Å². The predicted molar refractivity (Wildman–Crippen MR) is 65.6 cm³/mol. The number of nitrogens with zero attached hydrogens (tertiary/aromatic N) is 2. The molecule has 0 radical (unpaired) electrons. The molecule has 8 heteroatoms. The molecular formula is C10H12N4O3S.